The summed E-state index contributed by atoms with van der Waals surface area (Å²) in [6.07, 6.45) is 2.02. The summed E-state index contributed by atoms with van der Waals surface area (Å²) in [4.78, 5) is 12.3. The Morgan fingerprint density at radius 2 is 2.15 bits per heavy atom. The minimum absolute atomic E-state index is 0.113. The second kappa shape index (κ2) is 6.26. The number of benzene rings is 1. The van der Waals surface area contributed by atoms with Crippen LogP contribution >= 0.6 is 15.9 Å². The molecule has 1 fully saturated rings. The molecule has 0 amide bonds. The average Bonchev–Trinajstić information content (AvgIpc) is 2.40. The fourth-order valence-electron chi connectivity index (χ4n) is 2.43. The first-order valence-electron chi connectivity index (χ1n) is 6.51. The van der Waals surface area contributed by atoms with E-state index in [-0.39, 0.29) is 18.0 Å². The van der Waals surface area contributed by atoms with Gasteiger partial charge in [0.1, 0.15) is 11.0 Å². The predicted octanol–water partition coefficient (Wildman–Crippen LogP) is 2.54. The molecule has 0 bridgehead atoms. The highest BCUT2D eigenvalue weighted by atomic mass is 79.9. The lowest BCUT2D eigenvalue weighted by molar-refractivity contribution is -0.118. The number of halogens is 1. The number of hydrogen-bond acceptors (Lipinski definition) is 4. The van der Waals surface area contributed by atoms with Crippen molar-refractivity contribution in [1.82, 2.24) is 0 Å². The summed E-state index contributed by atoms with van der Waals surface area (Å²) in [7, 11) is -1.71. The van der Waals surface area contributed by atoms with E-state index in [1.165, 1.54) is 0 Å². The predicted molar refractivity (Wildman–Crippen MR) is 80.8 cm³/mol. The lowest BCUT2D eigenvalue weighted by atomic mass is 10.0. The molecular weight excluding hydrogens is 344 g/mol. The second-order valence-electron chi connectivity index (χ2n) is 4.95. The van der Waals surface area contributed by atoms with E-state index in [9.17, 15) is 13.2 Å². The number of ether oxygens (including phenoxy) is 1. The molecule has 4 nitrogen and oxygen atoms in total. The maximum Gasteiger partial charge on any atom is 0.160 e. The molecule has 1 aliphatic heterocycles. The Labute approximate surface area is 127 Å². The first-order chi connectivity index (χ1) is 9.44. The van der Waals surface area contributed by atoms with Gasteiger partial charge in [-0.05, 0) is 36.6 Å². The van der Waals surface area contributed by atoms with E-state index >= 15 is 0 Å². The van der Waals surface area contributed by atoms with Crippen molar-refractivity contribution in [3.05, 3.63) is 28.2 Å². The van der Waals surface area contributed by atoms with Gasteiger partial charge in [0.2, 0.25) is 0 Å². The molecule has 1 atom stereocenters. The van der Waals surface area contributed by atoms with Gasteiger partial charge in [-0.3, -0.25) is 4.79 Å². The zero-order chi connectivity index (χ0) is 14.8. The number of carbonyl (C=O) groups excluding carboxylic acids is 1. The Morgan fingerprint density at radius 1 is 1.40 bits per heavy atom. The maximum atomic E-state index is 12.3. The van der Waals surface area contributed by atoms with Crippen LogP contribution < -0.4 is 4.74 Å². The molecule has 0 saturated carbocycles. The van der Waals surface area contributed by atoms with Gasteiger partial charge in [-0.2, -0.15) is 0 Å². The molecule has 1 saturated heterocycles. The van der Waals surface area contributed by atoms with E-state index in [1.54, 1.807) is 25.3 Å². The second-order valence-corrected chi connectivity index (χ2v) is 8.11. The van der Waals surface area contributed by atoms with Crippen LogP contribution in [0.1, 0.15) is 24.8 Å². The Morgan fingerprint density at radius 3 is 2.80 bits per heavy atom. The smallest absolute Gasteiger partial charge is 0.160 e. The molecule has 0 aliphatic carbocycles. The number of carbonyl (C=O) groups is 1. The summed E-state index contributed by atoms with van der Waals surface area (Å²) < 4.78 is 29.8. The topological polar surface area (TPSA) is 60.4 Å². The molecule has 1 aliphatic rings. The highest BCUT2D eigenvalue weighted by Crippen LogP contribution is 2.26. The monoisotopic (exact) mass is 360 g/mol. The molecule has 110 valence electrons. The van der Waals surface area contributed by atoms with Gasteiger partial charge < -0.3 is 4.74 Å². The number of Topliss-reactive ketones (excluding diaryl/α,β-unsaturated/α-hetero) is 1. The van der Waals surface area contributed by atoms with Crippen molar-refractivity contribution >= 4 is 31.6 Å². The molecule has 0 aromatic heterocycles. The SMILES string of the molecule is COc1ccc(Br)c(CC(=O)C2CCCCS2(=O)=O)c1. The zero-order valence-corrected chi connectivity index (χ0v) is 13.7. The van der Waals surface area contributed by atoms with Crippen molar-refractivity contribution in [1.29, 1.82) is 0 Å². The number of methoxy groups -OCH3 is 1. The van der Waals surface area contributed by atoms with Crippen molar-refractivity contribution in [3.63, 3.8) is 0 Å². The Balaban J connectivity index is 2.19. The van der Waals surface area contributed by atoms with Crippen LogP contribution in [0.15, 0.2) is 22.7 Å². The van der Waals surface area contributed by atoms with Crippen LogP contribution in [0.2, 0.25) is 0 Å². The van der Waals surface area contributed by atoms with Crippen LogP contribution in [0.25, 0.3) is 0 Å². The molecule has 2 rings (SSSR count). The normalized spacial score (nSPS) is 21.4. The highest BCUT2D eigenvalue weighted by Gasteiger charge is 2.34. The van der Waals surface area contributed by atoms with Crippen molar-refractivity contribution in [2.75, 3.05) is 12.9 Å². The van der Waals surface area contributed by atoms with Gasteiger partial charge >= 0.3 is 0 Å². The fraction of sp³-hybridized carbons (Fsp3) is 0.500. The van der Waals surface area contributed by atoms with E-state index < -0.39 is 15.1 Å². The van der Waals surface area contributed by atoms with Gasteiger partial charge in [0.15, 0.2) is 15.6 Å². The minimum Gasteiger partial charge on any atom is -0.497 e. The third-order valence-corrected chi connectivity index (χ3v) is 6.55. The Kier molecular flexibility index (Phi) is 4.86. The van der Waals surface area contributed by atoms with Crippen LogP contribution in [0, 0.1) is 0 Å². The first kappa shape index (κ1) is 15.5. The van der Waals surface area contributed by atoms with E-state index in [0.29, 0.717) is 18.6 Å². The van der Waals surface area contributed by atoms with E-state index in [4.69, 9.17) is 4.74 Å². The van der Waals surface area contributed by atoms with Gasteiger partial charge in [0.25, 0.3) is 0 Å². The van der Waals surface area contributed by atoms with Gasteiger partial charge in [-0.1, -0.05) is 22.4 Å². The summed E-state index contributed by atoms with van der Waals surface area (Å²) in [6, 6.07) is 5.35. The van der Waals surface area contributed by atoms with E-state index in [1.807, 2.05) is 0 Å². The highest BCUT2D eigenvalue weighted by molar-refractivity contribution is 9.10. The molecular formula is C14H17BrO4S. The molecule has 1 aromatic rings. The molecule has 0 spiro atoms. The molecule has 20 heavy (non-hydrogen) atoms. The number of ketones is 1. The van der Waals surface area contributed by atoms with Gasteiger partial charge in [-0.15, -0.1) is 0 Å². The molecule has 6 heteroatoms. The van der Waals surface area contributed by atoms with Crippen LogP contribution in [-0.4, -0.2) is 32.3 Å². The number of rotatable bonds is 4. The number of hydrogen-bond donors (Lipinski definition) is 0. The van der Waals surface area contributed by atoms with Crippen molar-refractivity contribution in [2.45, 2.75) is 30.9 Å². The molecule has 0 radical (unpaired) electrons. The standard InChI is InChI=1S/C14H17BrO4S/c1-19-11-5-6-12(15)10(8-11)9-13(16)14-4-2-3-7-20(14,17)18/h5-6,8,14H,2-4,7,9H2,1H3. The molecule has 1 aromatic carbocycles. The zero-order valence-electron chi connectivity index (χ0n) is 11.3. The quantitative estimate of drug-likeness (QED) is 0.827. The molecule has 1 heterocycles. The molecule has 1 unspecified atom stereocenters. The van der Waals surface area contributed by atoms with Crippen LogP contribution in [0.5, 0.6) is 5.75 Å². The van der Waals surface area contributed by atoms with Crippen LogP contribution in [0.3, 0.4) is 0 Å². The van der Waals surface area contributed by atoms with Gasteiger partial charge in [0, 0.05) is 10.9 Å². The van der Waals surface area contributed by atoms with Gasteiger partial charge in [0.05, 0.1) is 12.9 Å². The van der Waals surface area contributed by atoms with Crippen molar-refractivity contribution < 1.29 is 17.9 Å². The minimum atomic E-state index is -3.27. The third-order valence-electron chi connectivity index (χ3n) is 3.56. The van der Waals surface area contributed by atoms with Crippen LogP contribution in [0.4, 0.5) is 0 Å². The summed E-state index contributed by atoms with van der Waals surface area (Å²) in [5.74, 6) is 0.559. The third kappa shape index (κ3) is 3.41. The largest absolute Gasteiger partial charge is 0.497 e. The number of sulfone groups is 1. The Bertz CT molecular complexity index is 610. The lowest BCUT2D eigenvalue weighted by Gasteiger charge is -2.21. The van der Waals surface area contributed by atoms with Crippen molar-refractivity contribution in [3.8, 4) is 5.75 Å². The Hall–Kier alpha value is -0.880. The first-order valence-corrected chi connectivity index (χ1v) is 9.01. The summed E-state index contributed by atoms with van der Waals surface area (Å²) in [5, 5.41) is -0.839. The summed E-state index contributed by atoms with van der Waals surface area (Å²) >= 11 is 3.38. The van der Waals surface area contributed by atoms with Crippen LogP contribution in [-0.2, 0) is 21.1 Å². The van der Waals surface area contributed by atoms with E-state index in [2.05, 4.69) is 15.9 Å². The van der Waals surface area contributed by atoms with Crippen molar-refractivity contribution in [2.24, 2.45) is 0 Å². The fourth-order valence-corrected chi connectivity index (χ4v) is 4.72. The lowest BCUT2D eigenvalue weighted by Crippen LogP contribution is -2.36. The summed E-state index contributed by atoms with van der Waals surface area (Å²) in [5.41, 5.74) is 0.759. The maximum absolute atomic E-state index is 12.3. The molecule has 0 N–H and O–H groups in total. The van der Waals surface area contributed by atoms with E-state index in [0.717, 1.165) is 16.5 Å². The van der Waals surface area contributed by atoms with Gasteiger partial charge in [-0.25, -0.2) is 8.42 Å². The summed E-state index contributed by atoms with van der Waals surface area (Å²) in [6.45, 7) is 0. The average molecular weight is 361 g/mol.